The first-order valence-electron chi connectivity index (χ1n) is 25.0. The quantitative estimate of drug-likeness (QED) is 0.0195. The van der Waals surface area contributed by atoms with E-state index in [1.165, 1.54) is 154 Å². The lowest BCUT2D eigenvalue weighted by molar-refractivity contribution is -0.870. The van der Waals surface area contributed by atoms with Gasteiger partial charge < -0.3 is 27.9 Å². The summed E-state index contributed by atoms with van der Waals surface area (Å²) in [6, 6.07) is 0. The summed E-state index contributed by atoms with van der Waals surface area (Å²) >= 11 is 0. The first-order chi connectivity index (χ1) is 29.0. The van der Waals surface area contributed by atoms with Crippen LogP contribution in [0.4, 0.5) is 0 Å². The zero-order valence-electron chi connectivity index (χ0n) is 39.9. The lowest BCUT2D eigenvalue weighted by Crippen LogP contribution is -2.37. The minimum absolute atomic E-state index is 0.0289. The number of rotatable bonds is 46. The van der Waals surface area contributed by atoms with Crippen LogP contribution in [0.15, 0.2) is 24.3 Å². The van der Waals surface area contributed by atoms with Crippen molar-refractivity contribution in [3.63, 3.8) is 0 Å². The number of unbranched alkanes of at least 4 members (excludes halogenated alkanes) is 28. The van der Waals surface area contributed by atoms with Gasteiger partial charge in [0.25, 0.3) is 7.82 Å². The number of hydrogen-bond donors (Lipinski definition) is 0. The summed E-state index contributed by atoms with van der Waals surface area (Å²) in [6.45, 7) is 4.24. The summed E-state index contributed by atoms with van der Waals surface area (Å²) in [5, 5.41) is 0. The molecule has 2 atom stereocenters. The molecule has 10 heteroatoms. The third-order valence-electron chi connectivity index (χ3n) is 11.0. The van der Waals surface area contributed by atoms with Crippen LogP contribution in [-0.4, -0.2) is 70.0 Å². The van der Waals surface area contributed by atoms with Crippen LogP contribution < -0.4 is 4.89 Å². The minimum Gasteiger partial charge on any atom is -0.756 e. The Balaban J connectivity index is 4.21. The van der Waals surface area contributed by atoms with Crippen molar-refractivity contribution >= 4 is 19.8 Å². The molecule has 0 spiro atoms. The van der Waals surface area contributed by atoms with E-state index in [1.807, 2.05) is 21.1 Å². The largest absolute Gasteiger partial charge is 0.756 e. The van der Waals surface area contributed by atoms with Crippen LogP contribution in [0.1, 0.15) is 232 Å². The zero-order valence-corrected chi connectivity index (χ0v) is 40.8. The van der Waals surface area contributed by atoms with Gasteiger partial charge in [0.15, 0.2) is 6.10 Å². The number of carbonyl (C=O) groups is 2. The van der Waals surface area contributed by atoms with Gasteiger partial charge in [0.1, 0.15) is 19.8 Å². The van der Waals surface area contributed by atoms with Crippen molar-refractivity contribution in [3.05, 3.63) is 24.3 Å². The van der Waals surface area contributed by atoms with Crippen LogP contribution in [0.5, 0.6) is 0 Å². The molecule has 0 saturated heterocycles. The molecule has 0 radical (unpaired) electrons. The third-order valence-corrected chi connectivity index (χ3v) is 11.9. The van der Waals surface area contributed by atoms with Gasteiger partial charge in [0.05, 0.1) is 27.7 Å². The number of esters is 2. The summed E-state index contributed by atoms with van der Waals surface area (Å²) in [6.07, 6.45) is 47.7. The first-order valence-corrected chi connectivity index (χ1v) is 26.5. The number of hydrogen-bond acceptors (Lipinski definition) is 8. The first kappa shape index (κ1) is 58.5. The molecule has 0 amide bonds. The van der Waals surface area contributed by atoms with Gasteiger partial charge in [0.2, 0.25) is 0 Å². The predicted octanol–water partition coefficient (Wildman–Crippen LogP) is 14.1. The van der Waals surface area contributed by atoms with Gasteiger partial charge in [-0.2, -0.15) is 0 Å². The van der Waals surface area contributed by atoms with Crippen molar-refractivity contribution in [2.24, 2.45) is 0 Å². The van der Waals surface area contributed by atoms with Crippen molar-refractivity contribution in [2.75, 3.05) is 47.5 Å². The summed E-state index contributed by atoms with van der Waals surface area (Å²) < 4.78 is 34.0. The highest BCUT2D eigenvalue weighted by molar-refractivity contribution is 7.45. The summed E-state index contributed by atoms with van der Waals surface area (Å²) in [7, 11) is 1.17. The highest BCUT2D eigenvalue weighted by Crippen LogP contribution is 2.38. The lowest BCUT2D eigenvalue weighted by Gasteiger charge is -2.28. The molecule has 0 aliphatic carbocycles. The Kier molecular flexibility index (Phi) is 41.7. The van der Waals surface area contributed by atoms with Crippen LogP contribution >= 0.6 is 7.82 Å². The minimum atomic E-state index is -4.62. The average molecular weight is 870 g/mol. The molecule has 0 aromatic heterocycles. The SMILES string of the molecule is CCCCCCC/C=C\C/C=C\CCCCCCCCCCCCCC(=O)OC(COC(=O)CCCCCCCCCCCCCCC)COP(=O)([O-])OCC[N+](C)(C)C. The molecule has 2 unspecified atom stereocenters. The lowest BCUT2D eigenvalue weighted by atomic mass is 10.0. The molecule has 0 N–H and O–H groups in total. The third kappa shape index (κ3) is 46.0. The second kappa shape index (κ2) is 42.8. The Morgan fingerprint density at radius 1 is 0.517 bits per heavy atom. The highest BCUT2D eigenvalue weighted by Gasteiger charge is 2.21. The molecular formula is C50H96NO8P. The van der Waals surface area contributed by atoms with E-state index in [2.05, 4.69) is 38.2 Å². The van der Waals surface area contributed by atoms with Gasteiger partial charge in [-0.25, -0.2) is 0 Å². The fraction of sp³-hybridized carbons (Fsp3) is 0.880. The summed E-state index contributed by atoms with van der Waals surface area (Å²) in [5.41, 5.74) is 0. The van der Waals surface area contributed by atoms with Crippen molar-refractivity contribution in [2.45, 2.75) is 238 Å². The maximum absolute atomic E-state index is 12.7. The number of nitrogens with zero attached hydrogens (tertiary/aromatic N) is 1. The predicted molar refractivity (Wildman–Crippen MR) is 250 cm³/mol. The molecule has 60 heavy (non-hydrogen) atoms. The van der Waals surface area contributed by atoms with Crippen LogP contribution in [0.2, 0.25) is 0 Å². The van der Waals surface area contributed by atoms with Crippen molar-refractivity contribution in [1.82, 2.24) is 0 Å². The molecule has 354 valence electrons. The van der Waals surface area contributed by atoms with E-state index in [0.717, 1.165) is 44.9 Å². The molecule has 0 bridgehead atoms. The summed E-state index contributed by atoms with van der Waals surface area (Å²) in [4.78, 5) is 37.6. The molecule has 0 saturated carbocycles. The van der Waals surface area contributed by atoms with E-state index in [0.29, 0.717) is 17.4 Å². The maximum Gasteiger partial charge on any atom is 0.306 e. The number of ether oxygens (including phenoxy) is 2. The Hall–Kier alpha value is -1.51. The van der Waals surface area contributed by atoms with Gasteiger partial charge >= 0.3 is 11.9 Å². The smallest absolute Gasteiger partial charge is 0.306 e. The molecule has 0 rings (SSSR count). The van der Waals surface area contributed by atoms with E-state index in [1.54, 1.807) is 0 Å². The molecule has 9 nitrogen and oxygen atoms in total. The fourth-order valence-electron chi connectivity index (χ4n) is 7.04. The standard InChI is InChI=1S/C50H96NO8P/c1-6-8-10-12-14-16-18-20-21-22-23-24-25-26-27-28-29-31-33-35-37-39-41-43-50(53)59-48(47-58-60(54,55)57-45-44-51(3,4)5)46-56-49(52)42-40-38-36-34-32-30-19-17-15-13-11-9-7-2/h18,20,22-23,48H,6-17,19,21,24-47H2,1-5H3/b20-18-,23-22-. The van der Waals surface area contributed by atoms with Crippen molar-refractivity contribution < 1.29 is 42.1 Å². The Morgan fingerprint density at radius 2 is 0.900 bits per heavy atom. The van der Waals surface area contributed by atoms with Crippen molar-refractivity contribution in [3.8, 4) is 0 Å². The Morgan fingerprint density at radius 3 is 1.32 bits per heavy atom. The van der Waals surface area contributed by atoms with Crippen LogP contribution in [0, 0.1) is 0 Å². The number of likely N-dealkylation sites (N-methyl/N-ethyl adjacent to an activating group) is 1. The van der Waals surface area contributed by atoms with Crippen LogP contribution in [0.3, 0.4) is 0 Å². The highest BCUT2D eigenvalue weighted by atomic mass is 31.2. The van der Waals surface area contributed by atoms with Gasteiger partial charge in [-0.3, -0.25) is 14.2 Å². The zero-order chi connectivity index (χ0) is 44.3. The topological polar surface area (TPSA) is 111 Å². The molecule has 0 aliphatic rings. The van der Waals surface area contributed by atoms with E-state index in [-0.39, 0.29) is 32.0 Å². The van der Waals surface area contributed by atoms with E-state index in [4.69, 9.17) is 18.5 Å². The van der Waals surface area contributed by atoms with Gasteiger partial charge in [-0.15, -0.1) is 0 Å². The van der Waals surface area contributed by atoms with Gasteiger partial charge in [-0.1, -0.05) is 199 Å². The van der Waals surface area contributed by atoms with E-state index >= 15 is 0 Å². The number of phosphoric acid groups is 1. The second-order valence-corrected chi connectivity index (χ2v) is 19.6. The van der Waals surface area contributed by atoms with Gasteiger partial charge in [-0.05, 0) is 44.9 Å². The molecule has 0 heterocycles. The van der Waals surface area contributed by atoms with E-state index in [9.17, 15) is 19.0 Å². The number of allylic oxidation sites excluding steroid dienone is 4. The van der Waals surface area contributed by atoms with Crippen LogP contribution in [-0.2, 0) is 32.7 Å². The maximum atomic E-state index is 12.7. The average Bonchev–Trinajstić information content (AvgIpc) is 3.20. The van der Waals surface area contributed by atoms with Crippen LogP contribution in [0.25, 0.3) is 0 Å². The molecule has 0 aliphatic heterocycles. The Labute approximate surface area is 370 Å². The molecule has 0 aromatic rings. The number of quaternary nitrogens is 1. The number of carbonyl (C=O) groups excluding carboxylic acids is 2. The molecule has 0 aromatic carbocycles. The molecule has 0 fully saturated rings. The summed E-state index contributed by atoms with van der Waals surface area (Å²) in [5.74, 6) is -0.826. The monoisotopic (exact) mass is 870 g/mol. The van der Waals surface area contributed by atoms with Gasteiger partial charge in [0, 0.05) is 12.8 Å². The van der Waals surface area contributed by atoms with E-state index < -0.39 is 26.5 Å². The second-order valence-electron chi connectivity index (χ2n) is 18.2. The normalized spacial score (nSPS) is 13.6. The Bertz CT molecular complexity index is 1070. The fourth-order valence-corrected chi connectivity index (χ4v) is 7.77. The molecular weight excluding hydrogens is 774 g/mol. The number of phosphoric ester groups is 1. The van der Waals surface area contributed by atoms with Crippen molar-refractivity contribution in [1.29, 1.82) is 0 Å².